The predicted molar refractivity (Wildman–Crippen MR) is 60.7 cm³/mol. The molecule has 1 rings (SSSR count). The number of hydrogen-bond acceptors (Lipinski definition) is 4. The lowest BCUT2D eigenvalue weighted by atomic mass is 10.2. The molecule has 0 saturated heterocycles. The first-order valence-electron chi connectivity index (χ1n) is 5.16. The number of nitriles is 1. The fourth-order valence-corrected chi connectivity index (χ4v) is 1.24. The second-order valence-electron chi connectivity index (χ2n) is 3.37. The Bertz CT molecular complexity index is 500. The summed E-state index contributed by atoms with van der Waals surface area (Å²) in [5, 5.41) is 12.8. The molecular weight excluding hydrogens is 218 g/mol. The van der Waals surface area contributed by atoms with E-state index in [2.05, 4.69) is 21.7 Å². The summed E-state index contributed by atoms with van der Waals surface area (Å²) in [5.41, 5.74) is 1.07. The Balaban J connectivity index is 2.52. The number of hydrogen-bond donors (Lipinski definition) is 0. The first kappa shape index (κ1) is 12.8. The quantitative estimate of drug-likeness (QED) is 0.442. The Hall–Kier alpha value is -2.27. The summed E-state index contributed by atoms with van der Waals surface area (Å²) in [7, 11) is 3.10. The van der Waals surface area contributed by atoms with Crippen molar-refractivity contribution >= 4 is 5.97 Å². The Morgan fingerprint density at radius 1 is 1.65 bits per heavy atom. The van der Waals surface area contributed by atoms with Crippen molar-refractivity contribution in [3.05, 3.63) is 17.5 Å². The predicted octanol–water partition coefficient (Wildman–Crippen LogP) is 0.987. The van der Waals surface area contributed by atoms with Crippen LogP contribution in [0.1, 0.15) is 30.5 Å². The molecule has 5 heteroatoms. The van der Waals surface area contributed by atoms with Crippen LogP contribution in [-0.4, -0.2) is 22.9 Å². The molecule has 0 spiro atoms. The molecule has 0 fully saturated rings. The number of aryl methyl sites for hydroxylation is 1. The van der Waals surface area contributed by atoms with Crippen molar-refractivity contribution in [2.45, 2.75) is 19.3 Å². The van der Waals surface area contributed by atoms with Crippen molar-refractivity contribution in [2.75, 3.05) is 7.11 Å². The van der Waals surface area contributed by atoms with Crippen LogP contribution < -0.4 is 0 Å². The van der Waals surface area contributed by atoms with E-state index in [1.165, 1.54) is 13.3 Å². The summed E-state index contributed by atoms with van der Waals surface area (Å²) < 4.78 is 6.08. The van der Waals surface area contributed by atoms with Crippen molar-refractivity contribution in [1.29, 1.82) is 5.26 Å². The lowest BCUT2D eigenvalue weighted by Gasteiger charge is -1.94. The summed E-state index contributed by atoms with van der Waals surface area (Å²) in [5.74, 6) is 5.56. The monoisotopic (exact) mass is 231 g/mol. The third-order valence-corrected chi connectivity index (χ3v) is 2.18. The summed E-state index contributed by atoms with van der Waals surface area (Å²) >= 11 is 0. The number of carbonyl (C=O) groups excluding carboxylic acids is 1. The van der Waals surface area contributed by atoms with Crippen LogP contribution in [-0.2, 0) is 16.6 Å². The van der Waals surface area contributed by atoms with Gasteiger partial charge in [0.2, 0.25) is 0 Å². The number of ether oxygens (including phenoxy) is 1. The maximum Gasteiger partial charge on any atom is 0.305 e. The maximum absolute atomic E-state index is 10.8. The molecule has 0 aliphatic rings. The van der Waals surface area contributed by atoms with Gasteiger partial charge in [0, 0.05) is 19.9 Å². The largest absolute Gasteiger partial charge is 0.469 e. The number of aromatic nitrogens is 2. The first-order valence-corrected chi connectivity index (χ1v) is 5.16. The standard InChI is InChI=1S/C12H13N3O2/c1-15-11(10(8-13)9-14-15)6-4-3-5-7-12(16)17-2/h9H,3,5,7H2,1-2H3. The Labute approximate surface area is 100.0 Å². The van der Waals surface area contributed by atoms with E-state index in [0.29, 0.717) is 30.5 Å². The molecule has 1 aromatic heterocycles. The maximum atomic E-state index is 10.8. The van der Waals surface area contributed by atoms with Crippen LogP contribution in [0.3, 0.4) is 0 Å². The average molecular weight is 231 g/mol. The molecule has 0 N–H and O–H groups in total. The topological polar surface area (TPSA) is 67.9 Å². The molecule has 0 bridgehead atoms. The van der Waals surface area contributed by atoms with E-state index in [1.54, 1.807) is 11.7 Å². The van der Waals surface area contributed by atoms with E-state index in [9.17, 15) is 4.79 Å². The van der Waals surface area contributed by atoms with Crippen molar-refractivity contribution in [1.82, 2.24) is 9.78 Å². The molecule has 0 aliphatic carbocycles. The number of esters is 1. The van der Waals surface area contributed by atoms with Gasteiger partial charge in [-0.3, -0.25) is 9.48 Å². The summed E-state index contributed by atoms with van der Waals surface area (Å²) in [6, 6.07) is 2.02. The van der Waals surface area contributed by atoms with Gasteiger partial charge in [0.25, 0.3) is 0 Å². The zero-order chi connectivity index (χ0) is 12.7. The molecule has 0 unspecified atom stereocenters. The molecule has 0 saturated carbocycles. The normalized spacial score (nSPS) is 9.00. The van der Waals surface area contributed by atoms with Crippen LogP contribution in [0, 0.1) is 23.2 Å². The minimum Gasteiger partial charge on any atom is -0.469 e. The molecule has 1 aromatic rings. The fourth-order valence-electron chi connectivity index (χ4n) is 1.24. The van der Waals surface area contributed by atoms with Crippen LogP contribution in [0.5, 0.6) is 0 Å². The molecule has 0 atom stereocenters. The average Bonchev–Trinajstić information content (AvgIpc) is 2.69. The van der Waals surface area contributed by atoms with Crippen molar-refractivity contribution in [2.24, 2.45) is 7.05 Å². The van der Waals surface area contributed by atoms with E-state index < -0.39 is 0 Å². The summed E-state index contributed by atoms with van der Waals surface area (Å²) in [6.07, 6.45) is 3.09. The number of unbranched alkanes of at least 4 members (excludes halogenated alkanes) is 1. The highest BCUT2D eigenvalue weighted by Crippen LogP contribution is 2.04. The number of rotatable bonds is 3. The molecule has 0 radical (unpaired) electrons. The fraction of sp³-hybridized carbons (Fsp3) is 0.417. The lowest BCUT2D eigenvalue weighted by molar-refractivity contribution is -0.140. The molecule has 17 heavy (non-hydrogen) atoms. The molecule has 0 aliphatic heterocycles. The molecule has 0 amide bonds. The van der Waals surface area contributed by atoms with Crippen LogP contribution in [0.4, 0.5) is 0 Å². The number of carbonyl (C=O) groups is 1. The Kier molecular flexibility index (Phi) is 4.77. The smallest absolute Gasteiger partial charge is 0.305 e. The highest BCUT2D eigenvalue weighted by molar-refractivity contribution is 5.69. The highest BCUT2D eigenvalue weighted by atomic mass is 16.5. The molecule has 1 heterocycles. The van der Waals surface area contributed by atoms with Gasteiger partial charge in [0.05, 0.1) is 13.3 Å². The third kappa shape index (κ3) is 3.66. The lowest BCUT2D eigenvalue weighted by Crippen LogP contribution is -1.98. The Morgan fingerprint density at radius 3 is 3.06 bits per heavy atom. The van der Waals surface area contributed by atoms with E-state index in [-0.39, 0.29) is 5.97 Å². The zero-order valence-corrected chi connectivity index (χ0v) is 9.86. The van der Waals surface area contributed by atoms with E-state index in [4.69, 9.17) is 5.26 Å². The molecule has 0 aromatic carbocycles. The molecular formula is C12H13N3O2. The van der Waals surface area contributed by atoms with Crippen LogP contribution in [0.25, 0.3) is 0 Å². The van der Waals surface area contributed by atoms with E-state index in [0.717, 1.165) is 0 Å². The van der Waals surface area contributed by atoms with E-state index >= 15 is 0 Å². The van der Waals surface area contributed by atoms with Crippen molar-refractivity contribution < 1.29 is 9.53 Å². The summed E-state index contributed by atoms with van der Waals surface area (Å²) in [6.45, 7) is 0. The van der Waals surface area contributed by atoms with Gasteiger partial charge in [-0.25, -0.2) is 0 Å². The van der Waals surface area contributed by atoms with Gasteiger partial charge in [-0.2, -0.15) is 10.4 Å². The van der Waals surface area contributed by atoms with Crippen molar-refractivity contribution in [3.63, 3.8) is 0 Å². The molecule has 88 valence electrons. The minimum absolute atomic E-state index is 0.231. The second-order valence-corrected chi connectivity index (χ2v) is 3.37. The van der Waals surface area contributed by atoms with Crippen LogP contribution in [0.2, 0.25) is 0 Å². The Morgan fingerprint density at radius 2 is 2.41 bits per heavy atom. The van der Waals surface area contributed by atoms with Crippen LogP contribution >= 0.6 is 0 Å². The number of nitrogens with zero attached hydrogens (tertiary/aromatic N) is 3. The highest BCUT2D eigenvalue weighted by Gasteiger charge is 2.03. The van der Waals surface area contributed by atoms with Gasteiger partial charge < -0.3 is 4.74 Å². The first-order chi connectivity index (χ1) is 8.19. The molecule has 5 nitrogen and oxygen atoms in total. The third-order valence-electron chi connectivity index (χ3n) is 2.18. The zero-order valence-electron chi connectivity index (χ0n) is 9.86. The van der Waals surface area contributed by atoms with Gasteiger partial charge in [0.15, 0.2) is 0 Å². The van der Waals surface area contributed by atoms with Gasteiger partial charge in [-0.15, -0.1) is 0 Å². The van der Waals surface area contributed by atoms with Gasteiger partial charge in [0.1, 0.15) is 17.3 Å². The van der Waals surface area contributed by atoms with Gasteiger partial charge in [-0.1, -0.05) is 5.92 Å². The summed E-state index contributed by atoms with van der Waals surface area (Å²) in [4.78, 5) is 10.8. The SMILES string of the molecule is COC(=O)CCCC#Cc1c(C#N)cnn1C. The van der Waals surface area contributed by atoms with E-state index in [1.807, 2.05) is 6.07 Å². The van der Waals surface area contributed by atoms with Crippen molar-refractivity contribution in [3.8, 4) is 17.9 Å². The van der Waals surface area contributed by atoms with Gasteiger partial charge in [-0.05, 0) is 12.3 Å². The number of methoxy groups -OCH3 is 1. The second kappa shape index (κ2) is 6.34. The van der Waals surface area contributed by atoms with Gasteiger partial charge >= 0.3 is 5.97 Å². The minimum atomic E-state index is -0.231. The van der Waals surface area contributed by atoms with Crippen LogP contribution in [0.15, 0.2) is 6.20 Å².